The van der Waals surface area contributed by atoms with Crippen LogP contribution >= 0.6 is 11.6 Å². The van der Waals surface area contributed by atoms with Crippen LogP contribution in [0, 0.1) is 6.92 Å². The Morgan fingerprint density at radius 3 is 2.38 bits per heavy atom. The van der Waals surface area contributed by atoms with Crippen LogP contribution in [0.3, 0.4) is 0 Å². The molecule has 1 heterocycles. The highest BCUT2D eigenvalue weighted by Crippen LogP contribution is 2.13. The van der Waals surface area contributed by atoms with Gasteiger partial charge in [0.2, 0.25) is 0 Å². The largest absolute Gasteiger partial charge is 0.353 e. The minimum atomic E-state index is 0.840. The molecule has 2 heteroatoms. The van der Waals surface area contributed by atoms with Gasteiger partial charge in [0.15, 0.2) is 0 Å². The summed E-state index contributed by atoms with van der Waals surface area (Å²) in [4.78, 5) is 0. The highest BCUT2D eigenvalue weighted by atomic mass is 35.5. The van der Waals surface area contributed by atoms with Crippen LogP contribution in [0.25, 0.3) is 0 Å². The second-order valence-corrected chi connectivity index (χ2v) is 2.27. The van der Waals surface area contributed by atoms with Crippen LogP contribution < -0.4 is 0 Å². The van der Waals surface area contributed by atoms with Gasteiger partial charge in [-0.1, -0.05) is 11.6 Å². The summed E-state index contributed by atoms with van der Waals surface area (Å²) in [6.07, 6.45) is 1.94. The molecular weight excluding hydrogens is 122 g/mol. The quantitative estimate of drug-likeness (QED) is 0.505. The van der Waals surface area contributed by atoms with Gasteiger partial charge in [-0.2, -0.15) is 0 Å². The number of hydrogen-bond acceptors (Lipinski definition) is 0. The maximum absolute atomic E-state index is 5.71. The highest BCUT2D eigenvalue weighted by Gasteiger charge is 1.94. The first kappa shape index (κ1) is 5.70. The summed E-state index contributed by atoms with van der Waals surface area (Å²) >= 11 is 5.71. The lowest BCUT2D eigenvalue weighted by molar-refractivity contribution is 0.882. The number of nitrogens with zero attached hydrogens (tertiary/aromatic N) is 1. The third-order valence-electron chi connectivity index (χ3n) is 1.32. The van der Waals surface area contributed by atoms with Gasteiger partial charge < -0.3 is 4.57 Å². The number of aryl methyl sites for hydroxylation is 1. The molecule has 0 aliphatic carbocycles. The summed E-state index contributed by atoms with van der Waals surface area (Å²) in [7, 11) is 1.97. The van der Waals surface area contributed by atoms with Crippen LogP contribution in [0.5, 0.6) is 0 Å². The predicted octanol–water partition coefficient (Wildman–Crippen LogP) is 1.99. The minimum Gasteiger partial charge on any atom is -0.353 e. The smallest absolute Gasteiger partial charge is 0.0612 e. The Kier molecular flexibility index (Phi) is 1.30. The molecule has 0 aliphatic heterocycles. The van der Waals surface area contributed by atoms with Crippen molar-refractivity contribution in [1.29, 1.82) is 0 Å². The normalized spacial score (nSPS) is 9.88. The number of halogens is 1. The van der Waals surface area contributed by atoms with Gasteiger partial charge >= 0.3 is 0 Å². The highest BCUT2D eigenvalue weighted by molar-refractivity contribution is 6.31. The van der Waals surface area contributed by atoms with Crippen LogP contribution in [0.1, 0.15) is 5.69 Å². The molecular formula is C6H8ClN. The van der Waals surface area contributed by atoms with E-state index in [9.17, 15) is 0 Å². The molecule has 1 aromatic rings. The molecule has 0 aliphatic rings. The molecule has 8 heavy (non-hydrogen) atoms. The van der Waals surface area contributed by atoms with Crippen LogP contribution in [-0.4, -0.2) is 4.57 Å². The molecule has 0 radical (unpaired) electrons. The molecule has 0 bridgehead atoms. The Morgan fingerprint density at radius 2 is 2.25 bits per heavy atom. The van der Waals surface area contributed by atoms with Gasteiger partial charge in [0, 0.05) is 18.9 Å². The molecule has 0 fully saturated rings. The van der Waals surface area contributed by atoms with Crippen LogP contribution in [0.4, 0.5) is 0 Å². The minimum absolute atomic E-state index is 0.840. The molecule has 1 rings (SSSR count). The van der Waals surface area contributed by atoms with E-state index in [1.807, 2.05) is 30.8 Å². The van der Waals surface area contributed by atoms with E-state index in [1.54, 1.807) is 0 Å². The molecule has 0 saturated heterocycles. The van der Waals surface area contributed by atoms with E-state index in [0.717, 1.165) is 10.7 Å². The van der Waals surface area contributed by atoms with Gasteiger partial charge in [-0.3, -0.25) is 0 Å². The van der Waals surface area contributed by atoms with E-state index in [0.29, 0.717) is 0 Å². The summed E-state index contributed by atoms with van der Waals surface area (Å²) < 4.78 is 1.99. The average molecular weight is 130 g/mol. The molecule has 0 N–H and O–H groups in total. The lowest BCUT2D eigenvalue weighted by Crippen LogP contribution is -1.85. The fraction of sp³-hybridized carbons (Fsp3) is 0.333. The van der Waals surface area contributed by atoms with Gasteiger partial charge in [0.1, 0.15) is 0 Å². The maximum atomic E-state index is 5.71. The van der Waals surface area contributed by atoms with Crippen LogP contribution in [0.2, 0.25) is 5.02 Å². The predicted molar refractivity (Wildman–Crippen MR) is 35.2 cm³/mol. The molecule has 0 aromatic carbocycles. The molecule has 0 atom stereocenters. The van der Waals surface area contributed by atoms with Crippen molar-refractivity contribution in [3.8, 4) is 0 Å². The Labute approximate surface area is 53.9 Å². The van der Waals surface area contributed by atoms with Gasteiger partial charge in [-0.05, 0) is 13.0 Å². The van der Waals surface area contributed by atoms with Crippen molar-refractivity contribution in [2.45, 2.75) is 6.92 Å². The third kappa shape index (κ3) is 0.736. The van der Waals surface area contributed by atoms with Crippen molar-refractivity contribution in [3.05, 3.63) is 23.0 Å². The topological polar surface area (TPSA) is 4.93 Å². The summed E-state index contributed by atoms with van der Waals surface area (Å²) in [6, 6.07) is 1.89. The maximum Gasteiger partial charge on any atom is 0.0612 e. The zero-order chi connectivity index (χ0) is 6.15. The summed E-state index contributed by atoms with van der Waals surface area (Å²) in [5, 5.41) is 0.840. The number of rotatable bonds is 0. The Bertz CT molecular complexity index is 171. The van der Waals surface area contributed by atoms with Crippen LogP contribution in [0.15, 0.2) is 12.3 Å². The van der Waals surface area contributed by atoms with Crippen molar-refractivity contribution in [3.63, 3.8) is 0 Å². The zero-order valence-corrected chi connectivity index (χ0v) is 5.74. The summed E-state index contributed by atoms with van der Waals surface area (Å²) in [5.41, 5.74) is 1.12. The average Bonchev–Trinajstić information content (AvgIpc) is 1.98. The van der Waals surface area contributed by atoms with Gasteiger partial charge in [-0.25, -0.2) is 0 Å². The molecule has 0 spiro atoms. The zero-order valence-electron chi connectivity index (χ0n) is 4.98. The van der Waals surface area contributed by atoms with E-state index in [4.69, 9.17) is 11.6 Å². The number of hydrogen-bond donors (Lipinski definition) is 0. The van der Waals surface area contributed by atoms with Crippen molar-refractivity contribution >= 4 is 11.6 Å². The molecule has 0 unspecified atom stereocenters. The summed E-state index contributed by atoms with van der Waals surface area (Å²) in [6.45, 7) is 1.99. The SMILES string of the molecule is Cc1c(Cl)ccn1C. The van der Waals surface area contributed by atoms with E-state index < -0.39 is 0 Å². The molecule has 1 aromatic heterocycles. The Hall–Kier alpha value is -0.430. The molecule has 0 amide bonds. The van der Waals surface area contributed by atoms with Gasteiger partial charge in [0.25, 0.3) is 0 Å². The van der Waals surface area contributed by atoms with E-state index in [1.165, 1.54) is 0 Å². The van der Waals surface area contributed by atoms with E-state index in [-0.39, 0.29) is 0 Å². The second-order valence-electron chi connectivity index (χ2n) is 1.86. The summed E-state index contributed by atoms with van der Waals surface area (Å²) in [5.74, 6) is 0. The van der Waals surface area contributed by atoms with Gasteiger partial charge in [-0.15, -0.1) is 0 Å². The van der Waals surface area contributed by atoms with Gasteiger partial charge in [0.05, 0.1) is 5.02 Å². The van der Waals surface area contributed by atoms with Crippen molar-refractivity contribution in [1.82, 2.24) is 4.57 Å². The molecule has 44 valence electrons. The second kappa shape index (κ2) is 1.82. The Morgan fingerprint density at radius 1 is 1.62 bits per heavy atom. The third-order valence-corrected chi connectivity index (χ3v) is 1.72. The lowest BCUT2D eigenvalue weighted by atomic mass is 10.5. The van der Waals surface area contributed by atoms with Crippen molar-refractivity contribution in [2.24, 2.45) is 7.05 Å². The Balaban J connectivity index is 3.19. The van der Waals surface area contributed by atoms with Crippen molar-refractivity contribution < 1.29 is 0 Å². The standard InChI is InChI=1S/C6H8ClN/c1-5-6(7)3-4-8(5)2/h3-4H,1-2H3. The first-order chi connectivity index (χ1) is 3.72. The first-order valence-electron chi connectivity index (χ1n) is 2.49. The fourth-order valence-electron chi connectivity index (χ4n) is 0.578. The lowest BCUT2D eigenvalue weighted by Gasteiger charge is -1.92. The first-order valence-corrected chi connectivity index (χ1v) is 2.87. The van der Waals surface area contributed by atoms with Crippen LogP contribution in [-0.2, 0) is 7.05 Å². The number of aromatic nitrogens is 1. The molecule has 1 nitrogen and oxygen atoms in total. The van der Waals surface area contributed by atoms with E-state index >= 15 is 0 Å². The fourth-order valence-corrected chi connectivity index (χ4v) is 0.768. The monoisotopic (exact) mass is 129 g/mol. The van der Waals surface area contributed by atoms with Crippen molar-refractivity contribution in [2.75, 3.05) is 0 Å². The van der Waals surface area contributed by atoms with E-state index in [2.05, 4.69) is 0 Å². The molecule has 0 saturated carbocycles.